The van der Waals surface area contributed by atoms with E-state index in [0.717, 1.165) is 12.5 Å². The van der Waals surface area contributed by atoms with E-state index in [1.54, 1.807) is 6.92 Å². The third-order valence-electron chi connectivity index (χ3n) is 3.44. The zero-order valence-corrected chi connectivity index (χ0v) is 17.5. The van der Waals surface area contributed by atoms with Gasteiger partial charge in [0.1, 0.15) is 11.1 Å². The molecule has 0 aromatic heterocycles. The summed E-state index contributed by atoms with van der Waals surface area (Å²) in [6, 6.07) is 2.61. The summed E-state index contributed by atoms with van der Waals surface area (Å²) in [5, 5.41) is 2.27. The van der Waals surface area contributed by atoms with Gasteiger partial charge < -0.3 is 10.1 Å². The highest BCUT2D eigenvalue weighted by molar-refractivity contribution is 8.00. The Morgan fingerprint density at radius 1 is 1.19 bits per heavy atom. The Labute approximate surface area is 164 Å². The van der Waals surface area contributed by atoms with Gasteiger partial charge in [-0.05, 0) is 37.3 Å². The fourth-order valence-corrected chi connectivity index (χ4v) is 3.14. The van der Waals surface area contributed by atoms with Gasteiger partial charge >= 0.3 is 5.97 Å². The molecule has 0 radical (unpaired) electrons. The standard InChI is InChI=1S/C19H27ClFNO3S/c1-11(2)6-7-18(23)22-16-9-17(14(20)8-15(16)21)26-13(5)19(24)25-10-12(3)4/h8-9,11-13H,6-7,10H2,1-5H3,(H,22,23). The maximum Gasteiger partial charge on any atom is 0.319 e. The number of hydrogen-bond donors (Lipinski definition) is 1. The molecular formula is C19H27ClFNO3S. The van der Waals surface area contributed by atoms with Crippen LogP contribution in [0.5, 0.6) is 0 Å². The van der Waals surface area contributed by atoms with E-state index in [2.05, 4.69) is 5.32 Å². The molecule has 1 aromatic carbocycles. The predicted octanol–water partition coefficient (Wildman–Crippen LogP) is 5.53. The molecule has 1 amide bonds. The highest BCUT2D eigenvalue weighted by Crippen LogP contribution is 2.35. The van der Waals surface area contributed by atoms with E-state index in [1.807, 2.05) is 27.7 Å². The molecule has 1 atom stereocenters. The Morgan fingerprint density at radius 2 is 1.85 bits per heavy atom. The van der Waals surface area contributed by atoms with Gasteiger partial charge in [0.2, 0.25) is 5.91 Å². The average molecular weight is 404 g/mol. The van der Waals surface area contributed by atoms with Gasteiger partial charge in [0.05, 0.1) is 17.3 Å². The molecule has 0 aliphatic heterocycles. The molecular weight excluding hydrogens is 377 g/mol. The summed E-state index contributed by atoms with van der Waals surface area (Å²) in [7, 11) is 0. The highest BCUT2D eigenvalue weighted by atomic mass is 35.5. The molecule has 7 heteroatoms. The van der Waals surface area contributed by atoms with Gasteiger partial charge in [-0.3, -0.25) is 9.59 Å². The van der Waals surface area contributed by atoms with Gasteiger partial charge in [-0.1, -0.05) is 39.3 Å². The summed E-state index contributed by atoms with van der Waals surface area (Å²) in [5.41, 5.74) is 0.0633. The normalized spacial score (nSPS) is 12.3. The summed E-state index contributed by atoms with van der Waals surface area (Å²) >= 11 is 7.27. The van der Waals surface area contributed by atoms with Crippen molar-refractivity contribution in [3.8, 4) is 0 Å². The summed E-state index contributed by atoms with van der Waals surface area (Å²) < 4.78 is 19.3. The molecule has 1 aromatic rings. The minimum absolute atomic E-state index is 0.0633. The second-order valence-corrected chi connectivity index (χ2v) is 8.82. The Bertz CT molecular complexity index is 637. The lowest BCUT2D eigenvalue weighted by Gasteiger charge is -2.15. The van der Waals surface area contributed by atoms with Gasteiger partial charge in [0.15, 0.2) is 0 Å². The number of rotatable bonds is 9. The number of ether oxygens (including phenoxy) is 1. The van der Waals surface area contributed by atoms with E-state index in [0.29, 0.717) is 23.8 Å². The summed E-state index contributed by atoms with van der Waals surface area (Å²) in [4.78, 5) is 24.5. The Hall–Kier alpha value is -1.27. The van der Waals surface area contributed by atoms with E-state index in [4.69, 9.17) is 16.3 Å². The number of benzene rings is 1. The SMILES string of the molecule is CC(C)CCC(=O)Nc1cc(SC(C)C(=O)OCC(C)C)c(Cl)cc1F. The van der Waals surface area contributed by atoms with Crippen LogP contribution >= 0.6 is 23.4 Å². The van der Waals surface area contributed by atoms with Crippen molar-refractivity contribution in [2.45, 2.75) is 57.6 Å². The molecule has 1 rings (SSSR count). The second-order valence-electron chi connectivity index (χ2n) is 7.03. The van der Waals surface area contributed by atoms with E-state index in [-0.39, 0.29) is 28.5 Å². The van der Waals surface area contributed by atoms with Crippen LogP contribution in [0.1, 0.15) is 47.5 Å². The lowest BCUT2D eigenvalue weighted by Crippen LogP contribution is -2.19. The van der Waals surface area contributed by atoms with Crippen LogP contribution in [0.25, 0.3) is 0 Å². The van der Waals surface area contributed by atoms with Gasteiger partial charge in [0.25, 0.3) is 0 Å². The summed E-state index contributed by atoms with van der Waals surface area (Å²) in [5.74, 6) is -0.572. The van der Waals surface area contributed by atoms with Gasteiger partial charge in [-0.15, -0.1) is 11.8 Å². The lowest BCUT2D eigenvalue weighted by molar-refractivity contribution is -0.143. The van der Waals surface area contributed by atoms with Crippen molar-refractivity contribution in [2.75, 3.05) is 11.9 Å². The Morgan fingerprint density at radius 3 is 2.42 bits per heavy atom. The van der Waals surface area contributed by atoms with E-state index >= 15 is 0 Å². The van der Waals surface area contributed by atoms with Crippen LogP contribution in [0, 0.1) is 17.7 Å². The molecule has 0 heterocycles. The number of nitrogens with one attached hydrogen (secondary N) is 1. The second kappa shape index (κ2) is 10.8. The largest absolute Gasteiger partial charge is 0.465 e. The first kappa shape index (κ1) is 22.8. The quantitative estimate of drug-likeness (QED) is 0.434. The maximum atomic E-state index is 14.1. The smallest absolute Gasteiger partial charge is 0.319 e. The first-order valence-electron chi connectivity index (χ1n) is 8.72. The molecule has 0 bridgehead atoms. The topological polar surface area (TPSA) is 55.4 Å². The highest BCUT2D eigenvalue weighted by Gasteiger charge is 2.20. The van der Waals surface area contributed by atoms with Crippen molar-refractivity contribution in [3.63, 3.8) is 0 Å². The van der Waals surface area contributed by atoms with Crippen LogP contribution in [0.2, 0.25) is 5.02 Å². The average Bonchev–Trinajstić information content (AvgIpc) is 2.54. The monoisotopic (exact) mass is 403 g/mol. The molecule has 0 aliphatic carbocycles. The summed E-state index contributed by atoms with van der Waals surface area (Å²) in [6.07, 6.45) is 1.04. The maximum absolute atomic E-state index is 14.1. The number of esters is 1. The molecule has 146 valence electrons. The number of hydrogen-bond acceptors (Lipinski definition) is 4. The van der Waals surface area contributed by atoms with Crippen molar-refractivity contribution in [2.24, 2.45) is 11.8 Å². The van der Waals surface area contributed by atoms with Crippen LogP contribution in [0.4, 0.5) is 10.1 Å². The first-order chi connectivity index (χ1) is 12.1. The van der Waals surface area contributed by atoms with Crippen molar-refractivity contribution in [1.29, 1.82) is 0 Å². The minimum atomic E-state index is -0.604. The van der Waals surface area contributed by atoms with Crippen molar-refractivity contribution >= 4 is 40.9 Å². The number of carbonyl (C=O) groups is 2. The Kier molecular flexibility index (Phi) is 9.44. The molecule has 0 fully saturated rings. The van der Waals surface area contributed by atoms with E-state index < -0.39 is 11.1 Å². The summed E-state index contributed by atoms with van der Waals surface area (Å²) in [6.45, 7) is 9.99. The predicted molar refractivity (Wildman–Crippen MR) is 105 cm³/mol. The van der Waals surface area contributed by atoms with Crippen molar-refractivity contribution < 1.29 is 18.7 Å². The number of carbonyl (C=O) groups excluding carboxylic acids is 2. The number of thioether (sulfide) groups is 1. The van der Waals surface area contributed by atoms with Crippen LogP contribution in [0.3, 0.4) is 0 Å². The molecule has 1 N–H and O–H groups in total. The number of halogens is 2. The molecule has 0 saturated carbocycles. The molecule has 26 heavy (non-hydrogen) atoms. The van der Waals surface area contributed by atoms with Crippen LogP contribution in [0.15, 0.2) is 17.0 Å². The van der Waals surface area contributed by atoms with E-state index in [1.165, 1.54) is 17.8 Å². The third kappa shape index (κ3) is 7.96. The molecule has 0 spiro atoms. The van der Waals surface area contributed by atoms with Crippen molar-refractivity contribution in [1.82, 2.24) is 0 Å². The van der Waals surface area contributed by atoms with Crippen molar-refractivity contribution in [3.05, 3.63) is 23.0 Å². The van der Waals surface area contributed by atoms with Crippen LogP contribution < -0.4 is 5.32 Å². The number of anilines is 1. The fraction of sp³-hybridized carbons (Fsp3) is 0.579. The molecule has 0 saturated heterocycles. The van der Waals surface area contributed by atoms with Gasteiger partial charge in [-0.2, -0.15) is 0 Å². The van der Waals surface area contributed by atoms with Gasteiger partial charge in [0, 0.05) is 11.3 Å². The molecule has 4 nitrogen and oxygen atoms in total. The van der Waals surface area contributed by atoms with Gasteiger partial charge in [-0.25, -0.2) is 4.39 Å². The van der Waals surface area contributed by atoms with E-state index in [9.17, 15) is 14.0 Å². The fourth-order valence-electron chi connectivity index (χ4n) is 1.95. The lowest BCUT2D eigenvalue weighted by atomic mass is 10.1. The third-order valence-corrected chi connectivity index (χ3v) is 5.00. The molecule has 0 aliphatic rings. The van der Waals surface area contributed by atoms with Crippen LogP contribution in [-0.2, 0) is 14.3 Å². The number of amides is 1. The Balaban J connectivity index is 2.80. The molecule has 1 unspecified atom stereocenters. The van der Waals surface area contributed by atoms with Crippen LogP contribution in [-0.4, -0.2) is 23.7 Å². The zero-order valence-electron chi connectivity index (χ0n) is 15.9. The zero-order chi connectivity index (χ0) is 19.9. The first-order valence-corrected chi connectivity index (χ1v) is 9.98. The minimum Gasteiger partial charge on any atom is -0.465 e.